The van der Waals surface area contributed by atoms with E-state index >= 15 is 9.59 Å². The fourth-order valence-corrected chi connectivity index (χ4v) is 12.2. The molecule has 4 saturated heterocycles. The first-order valence-electron chi connectivity index (χ1n) is 28.7. The molecule has 1 unspecified atom stereocenters. The molecular formula is C60H96FNO17. The second-order valence-corrected chi connectivity index (χ2v) is 23.9. The number of carbonyl (C=O) groups is 4. The summed E-state index contributed by atoms with van der Waals surface area (Å²) in [6.07, 6.45) is -12.2. The van der Waals surface area contributed by atoms with Gasteiger partial charge in [0.05, 0.1) is 49.0 Å². The Kier molecular flexibility index (Phi) is 25.3. The molecule has 2 N–H and O–H groups in total. The van der Waals surface area contributed by atoms with E-state index in [4.69, 9.17) is 52.1 Å². The number of cyclic esters (lactones) is 1. The van der Waals surface area contributed by atoms with Crippen molar-refractivity contribution in [2.24, 2.45) is 41.4 Å². The fraction of sp³-hybridized carbons (Fsp3) is 0.800. The lowest BCUT2D eigenvalue weighted by Gasteiger charge is -2.45. The van der Waals surface area contributed by atoms with Crippen molar-refractivity contribution in [1.29, 1.82) is 0 Å². The minimum Gasteiger partial charge on any atom is -0.461 e. The van der Waals surface area contributed by atoms with Crippen LogP contribution in [0, 0.1) is 41.4 Å². The third-order valence-electron chi connectivity index (χ3n) is 16.5. The molecule has 4 heterocycles. The van der Waals surface area contributed by atoms with Gasteiger partial charge in [0.2, 0.25) is 0 Å². The molecule has 0 saturated carbocycles. The summed E-state index contributed by atoms with van der Waals surface area (Å²) < 4.78 is 84.3. The highest BCUT2D eigenvalue weighted by Gasteiger charge is 2.52. The number of aliphatic hydroxyl groups excluding tert-OH is 2. The van der Waals surface area contributed by atoms with Crippen LogP contribution in [0.5, 0.6) is 0 Å². The Balaban J connectivity index is 1.69. The number of hydrogen-bond donors (Lipinski definition) is 2. The van der Waals surface area contributed by atoms with Crippen molar-refractivity contribution >= 4 is 23.7 Å². The average Bonchev–Trinajstić information content (AvgIpc) is 3.53. The summed E-state index contributed by atoms with van der Waals surface area (Å²) in [5.74, 6) is -7.97. The molecule has 1 aromatic rings. The van der Waals surface area contributed by atoms with Crippen LogP contribution in [0.15, 0.2) is 42.5 Å². The zero-order valence-electron chi connectivity index (χ0n) is 49.7. The Hall–Kier alpha value is -3.47. The third-order valence-corrected chi connectivity index (χ3v) is 16.5. The second kappa shape index (κ2) is 30.2. The first-order chi connectivity index (χ1) is 37.2. The molecule has 0 bridgehead atoms. The van der Waals surface area contributed by atoms with Crippen LogP contribution in [0.4, 0.5) is 4.39 Å². The molecule has 0 radical (unpaired) electrons. The Morgan fingerprint density at radius 1 is 0.823 bits per heavy atom. The number of methoxy groups -OCH3 is 2. The van der Waals surface area contributed by atoms with Crippen LogP contribution >= 0.6 is 0 Å². The summed E-state index contributed by atoms with van der Waals surface area (Å²) in [5.41, 5.74) is -0.500. The van der Waals surface area contributed by atoms with E-state index in [1.165, 1.54) is 14.2 Å². The number of esters is 3. The number of carbonyl (C=O) groups excluding carboxylic acids is 4. The summed E-state index contributed by atoms with van der Waals surface area (Å²) in [5, 5.41) is 22.6. The van der Waals surface area contributed by atoms with Crippen molar-refractivity contribution in [2.75, 3.05) is 40.6 Å². The molecule has 450 valence electrons. The lowest BCUT2D eigenvalue weighted by atomic mass is 9.74. The predicted molar refractivity (Wildman–Crippen MR) is 291 cm³/mol. The Labute approximate surface area is 469 Å². The van der Waals surface area contributed by atoms with Crippen molar-refractivity contribution in [1.82, 2.24) is 4.90 Å². The molecule has 1 aromatic carbocycles. The van der Waals surface area contributed by atoms with Gasteiger partial charge in [-0.05, 0) is 83.8 Å². The van der Waals surface area contributed by atoms with E-state index in [0.29, 0.717) is 31.4 Å². The zero-order chi connectivity index (χ0) is 58.6. The van der Waals surface area contributed by atoms with E-state index in [9.17, 15) is 24.2 Å². The van der Waals surface area contributed by atoms with Gasteiger partial charge in [0, 0.05) is 70.4 Å². The summed E-state index contributed by atoms with van der Waals surface area (Å²) in [7, 11) is 2.91. The molecule has 19 heteroatoms. The quantitative estimate of drug-likeness (QED) is 0.0787. The summed E-state index contributed by atoms with van der Waals surface area (Å²) >= 11 is 0. The number of Topliss-reactive ketones (excluding diaryl/α,β-unsaturated/α-hetero) is 1. The summed E-state index contributed by atoms with van der Waals surface area (Å²) in [6, 6.07) is 9.25. The molecule has 79 heavy (non-hydrogen) atoms. The highest BCUT2D eigenvalue weighted by molar-refractivity contribution is 5.91. The fourth-order valence-electron chi connectivity index (χ4n) is 12.2. The van der Waals surface area contributed by atoms with Crippen LogP contribution in [-0.2, 0) is 77.7 Å². The van der Waals surface area contributed by atoms with Crippen LogP contribution in [0.25, 0.3) is 0 Å². The second-order valence-electron chi connectivity index (χ2n) is 23.9. The lowest BCUT2D eigenvalue weighted by molar-refractivity contribution is -0.305. The predicted octanol–water partition coefficient (Wildman–Crippen LogP) is 7.35. The lowest BCUT2D eigenvalue weighted by Crippen LogP contribution is -2.59. The smallest absolute Gasteiger partial charge is 0.311 e. The van der Waals surface area contributed by atoms with E-state index in [0.717, 1.165) is 5.56 Å². The Morgan fingerprint density at radius 2 is 1.49 bits per heavy atom. The van der Waals surface area contributed by atoms with Crippen molar-refractivity contribution in [2.45, 2.75) is 226 Å². The van der Waals surface area contributed by atoms with Gasteiger partial charge >= 0.3 is 17.9 Å². The van der Waals surface area contributed by atoms with Crippen LogP contribution < -0.4 is 0 Å². The normalized spacial score (nSPS) is 39.1. The number of halogens is 1. The molecular weight excluding hydrogens is 1030 g/mol. The number of hydrogen-bond acceptors (Lipinski definition) is 18. The molecule has 18 nitrogen and oxygen atoms in total. The first-order valence-corrected chi connectivity index (χ1v) is 28.7. The number of ether oxygens (including phenoxy) is 11. The van der Waals surface area contributed by atoms with E-state index in [-0.39, 0.29) is 50.5 Å². The molecule has 0 amide bonds. The van der Waals surface area contributed by atoms with Gasteiger partial charge < -0.3 is 62.3 Å². The number of aliphatic hydroxyl groups is 2. The first kappa shape index (κ1) is 66.3. The van der Waals surface area contributed by atoms with Gasteiger partial charge in [0.25, 0.3) is 0 Å². The number of alkyl halides is 1. The Morgan fingerprint density at radius 3 is 2.13 bits per heavy atom. The molecule has 0 spiro atoms. The minimum atomic E-state index is -1.89. The highest BCUT2D eigenvalue weighted by atomic mass is 19.1. The minimum absolute atomic E-state index is 0.0112. The van der Waals surface area contributed by atoms with Crippen molar-refractivity contribution in [3.63, 3.8) is 0 Å². The summed E-state index contributed by atoms with van der Waals surface area (Å²) in [4.78, 5) is 61.5. The van der Waals surface area contributed by atoms with Gasteiger partial charge in [0.15, 0.2) is 30.3 Å². The third kappa shape index (κ3) is 17.5. The van der Waals surface area contributed by atoms with E-state index < -0.39 is 151 Å². The molecule has 4 fully saturated rings. The number of aryl methyl sites for hydroxylation is 1. The van der Waals surface area contributed by atoms with Gasteiger partial charge in [-0.25, -0.2) is 4.39 Å². The van der Waals surface area contributed by atoms with Crippen molar-refractivity contribution in [3.05, 3.63) is 48.0 Å². The van der Waals surface area contributed by atoms with Crippen LogP contribution in [0.2, 0.25) is 0 Å². The molecule has 0 aliphatic carbocycles. The summed E-state index contributed by atoms with van der Waals surface area (Å²) in [6.45, 7) is 27.3. The molecule has 4 aliphatic rings. The van der Waals surface area contributed by atoms with Gasteiger partial charge in [-0.1, -0.05) is 85.4 Å². The van der Waals surface area contributed by atoms with Gasteiger partial charge in [-0.15, -0.1) is 0 Å². The maximum Gasteiger partial charge on any atom is 0.311 e. The van der Waals surface area contributed by atoms with Crippen molar-refractivity contribution < 1.29 is 85.9 Å². The number of benzene rings is 1. The standard InChI is InChI=1S/C60H96FNO17/c1-32(2)26-46(64)75-52-40(10)51(35(5)31-71-59-55(70-16)54(69-15)49(66)43(13)74-59)77-57(68)42(12)53(76-47-28-36(6)62(25-24-61)30-38(8)72-47)39(9)50(78-58-48(65)33(3)27-37(7)73-58)34(4)29-60(14,56(67)41(52)11)79-45(63)23-22-44-20-18-17-19-21-44/h17-21,32,34-43,47-55,58-59,65-66H,3,22-31H2,1-2,4-16H3/t34-,35-,36?,37+,38-,39+,40-,41+,42+,43+,47-,48+,49+,50-,51+,52+,53-,54+,55+,58-,59+,60-/m0/s1. The van der Waals surface area contributed by atoms with Gasteiger partial charge in [0.1, 0.15) is 43.3 Å². The molecule has 0 aromatic heterocycles. The zero-order valence-corrected chi connectivity index (χ0v) is 49.7. The highest BCUT2D eigenvalue weighted by Crippen LogP contribution is 2.41. The molecule has 5 rings (SSSR count). The van der Waals surface area contributed by atoms with Crippen molar-refractivity contribution in [3.8, 4) is 0 Å². The number of rotatable bonds is 19. The SMILES string of the molecule is C=C1C[C@@H](C)O[C@@H](O[C@@H]2[C@@H](C)[C@H](O[C@H]3CC(C)N(CCF)C[C@H](C)O3)[C@@H](C)C(=O)O[C@H]([C@@H](C)CO[C@@H]3O[C@H](C)[C@@H](O)[C@@H](OC)[C@H]3OC)[C@H](C)[C@@H](OC(=O)CC(C)C)[C@@H](C)C(=O)[C@@](C)(OC(=O)CCc3ccccc3)C[C@@H]2C)[C@@H]1O. The van der Waals surface area contributed by atoms with E-state index in [2.05, 4.69) is 6.58 Å². The topological polar surface area (TPSA) is 214 Å². The molecule has 22 atom stereocenters. The van der Waals surface area contributed by atoms with Crippen LogP contribution in [0.3, 0.4) is 0 Å². The largest absolute Gasteiger partial charge is 0.461 e. The Bertz CT molecular complexity index is 2100. The average molecular weight is 1120 g/mol. The van der Waals surface area contributed by atoms with E-state index in [1.807, 2.05) is 83.7 Å². The van der Waals surface area contributed by atoms with Gasteiger partial charge in [-0.2, -0.15) is 0 Å². The maximum absolute atomic E-state index is 15.8. The number of ketones is 1. The van der Waals surface area contributed by atoms with E-state index in [1.54, 1.807) is 41.5 Å². The maximum atomic E-state index is 15.8. The molecule has 4 aliphatic heterocycles. The van der Waals surface area contributed by atoms with Crippen LogP contribution in [-0.4, -0.2) is 177 Å². The number of nitrogens with zero attached hydrogens (tertiary/aromatic N) is 1. The van der Waals surface area contributed by atoms with Gasteiger partial charge in [-0.3, -0.25) is 24.1 Å². The monoisotopic (exact) mass is 1120 g/mol. The van der Waals surface area contributed by atoms with Crippen LogP contribution in [0.1, 0.15) is 128 Å².